The van der Waals surface area contributed by atoms with Crippen LogP contribution in [0.15, 0.2) is 11.6 Å². The Morgan fingerprint density at radius 2 is 1.30 bits per heavy atom. The van der Waals surface area contributed by atoms with E-state index >= 15 is 0 Å². The molecule has 8 N–H and O–H groups in total. The number of carbonyl (C=O) groups is 2. The average molecular weight is 795 g/mol. The van der Waals surface area contributed by atoms with Crippen molar-refractivity contribution in [2.45, 2.75) is 174 Å². The molecule has 19 atom stereocenters. The predicted molar refractivity (Wildman–Crippen MR) is 198 cm³/mol. The molecule has 5 aliphatic carbocycles. The zero-order chi connectivity index (χ0) is 41.1. The van der Waals surface area contributed by atoms with Crippen LogP contribution in [0.2, 0.25) is 0 Å². The Morgan fingerprint density at radius 1 is 0.732 bits per heavy atom. The van der Waals surface area contributed by atoms with Gasteiger partial charge in [0, 0.05) is 5.92 Å². The molecule has 0 amide bonds. The van der Waals surface area contributed by atoms with Crippen LogP contribution in [0.1, 0.15) is 106 Å². The molecule has 0 radical (unpaired) electrons. The van der Waals surface area contributed by atoms with Gasteiger partial charge in [0.05, 0.1) is 24.7 Å². The third-order valence-corrected chi connectivity index (χ3v) is 17.2. The van der Waals surface area contributed by atoms with E-state index in [1.807, 2.05) is 13.0 Å². The number of aliphatic hydroxyl groups excluding tert-OH is 8. The number of rotatable bonds is 6. The highest BCUT2D eigenvalue weighted by Crippen LogP contribution is 2.75. The first-order valence-electron chi connectivity index (χ1n) is 20.8. The summed E-state index contributed by atoms with van der Waals surface area (Å²) < 4.78 is 23.4. The quantitative estimate of drug-likeness (QED) is 0.141. The van der Waals surface area contributed by atoms with Crippen molar-refractivity contribution in [3.8, 4) is 0 Å². The molecule has 2 heterocycles. The first-order chi connectivity index (χ1) is 26.0. The van der Waals surface area contributed by atoms with Crippen LogP contribution in [0, 0.1) is 50.2 Å². The fourth-order valence-corrected chi connectivity index (χ4v) is 13.3. The van der Waals surface area contributed by atoms with Gasteiger partial charge in [-0.25, -0.2) is 0 Å². The number of ketones is 1. The van der Waals surface area contributed by atoms with E-state index in [4.69, 9.17) is 18.9 Å². The maximum atomic E-state index is 14.9. The minimum atomic E-state index is -1.70. The Balaban J connectivity index is 1.14. The van der Waals surface area contributed by atoms with Gasteiger partial charge in [-0.05, 0) is 110 Å². The largest absolute Gasteiger partial charge is 0.432 e. The summed E-state index contributed by atoms with van der Waals surface area (Å²) in [6.07, 6.45) is -6.55. The molecule has 2 saturated heterocycles. The third kappa shape index (κ3) is 6.13. The number of hydrogen-bond acceptors (Lipinski definition) is 14. The highest BCUT2D eigenvalue weighted by Gasteiger charge is 2.71. The lowest BCUT2D eigenvalue weighted by Gasteiger charge is -2.70. The van der Waals surface area contributed by atoms with E-state index in [2.05, 4.69) is 41.5 Å². The second kappa shape index (κ2) is 14.3. The molecule has 6 fully saturated rings. The summed E-state index contributed by atoms with van der Waals surface area (Å²) in [5.41, 5.74) is -1.61. The second-order valence-corrected chi connectivity index (χ2v) is 20.5. The van der Waals surface area contributed by atoms with Gasteiger partial charge in [0.2, 0.25) is 6.29 Å². The van der Waals surface area contributed by atoms with E-state index in [1.54, 1.807) is 0 Å². The Kier molecular flexibility index (Phi) is 10.9. The maximum Gasteiger partial charge on any atom is 0.314 e. The lowest BCUT2D eigenvalue weighted by molar-refractivity contribution is -0.329. The standard InChI is InChI=1S/C42H66O14/c1-37(2)25-8-11-42(7)33(40(25,5)10-9-26(37)55-34-31(50)29(48)27(46)23(18-43)53-34)22(45)16-20-21-17-39(4,13-12-38(21,3)14-15-41(20,42)6)36(52)56-35-32(51)30(49)28(47)24(19-44)54-35/h16,21,23-35,43-44,46-51H,8-15,17-19H2,1-7H3/t21-,23+,24+,25-,26-,27+,28+,29-,30-,31+,32+,33+,34-,35-,38+,39-,40-,41+,42+/m0/s1. The SMILES string of the molecule is CC1(C)[C@@H](O[C@@H]2O[C@H](CO)[C@@H](O)[C@H](O)[C@H]2O)CC[C@]2(C)[C@H]3C(=O)C=C4[C@@H]5C[C@@](C)(C(=O)O[C@@H]6O[C@H](CO)[C@@H](O)[C@H](O)[C@H]6O)CC[C@]5(C)CC[C@@]4(C)[C@]3(C)CC[C@@H]12. The Morgan fingerprint density at radius 3 is 1.91 bits per heavy atom. The Hall–Kier alpha value is -1.56. The fourth-order valence-electron chi connectivity index (χ4n) is 13.3. The van der Waals surface area contributed by atoms with Crippen LogP contribution in [0.4, 0.5) is 0 Å². The van der Waals surface area contributed by atoms with E-state index in [1.165, 1.54) is 0 Å². The van der Waals surface area contributed by atoms with Crippen molar-refractivity contribution in [1.29, 1.82) is 0 Å². The number of allylic oxidation sites excluding steroid dienone is 2. The van der Waals surface area contributed by atoms with Gasteiger partial charge in [-0.2, -0.15) is 0 Å². The molecule has 2 aliphatic heterocycles. The first kappa shape index (κ1) is 42.6. The number of esters is 1. The van der Waals surface area contributed by atoms with E-state index in [0.717, 1.165) is 37.7 Å². The molecule has 4 saturated carbocycles. The first-order valence-corrected chi connectivity index (χ1v) is 20.8. The molecular formula is C42H66O14. The molecule has 318 valence electrons. The van der Waals surface area contributed by atoms with Crippen molar-refractivity contribution in [3.63, 3.8) is 0 Å². The second-order valence-electron chi connectivity index (χ2n) is 20.5. The summed E-state index contributed by atoms with van der Waals surface area (Å²) in [5.74, 6) is -0.778. The summed E-state index contributed by atoms with van der Waals surface area (Å²) in [4.78, 5) is 28.9. The van der Waals surface area contributed by atoms with Crippen LogP contribution < -0.4 is 0 Å². The molecule has 7 aliphatic rings. The van der Waals surface area contributed by atoms with Crippen molar-refractivity contribution in [2.75, 3.05) is 13.2 Å². The molecule has 0 spiro atoms. The molecule has 0 aromatic heterocycles. The smallest absolute Gasteiger partial charge is 0.314 e. The number of aliphatic hydroxyl groups is 8. The molecule has 0 aromatic rings. The highest BCUT2D eigenvalue weighted by molar-refractivity contribution is 5.95. The van der Waals surface area contributed by atoms with Crippen molar-refractivity contribution >= 4 is 11.8 Å². The van der Waals surface area contributed by atoms with Gasteiger partial charge in [-0.3, -0.25) is 9.59 Å². The molecule has 14 nitrogen and oxygen atoms in total. The molecular weight excluding hydrogens is 728 g/mol. The maximum absolute atomic E-state index is 14.9. The van der Waals surface area contributed by atoms with E-state index < -0.39 is 91.4 Å². The minimum absolute atomic E-state index is 0.0724. The molecule has 14 heteroatoms. The number of carbonyl (C=O) groups excluding carboxylic acids is 2. The van der Waals surface area contributed by atoms with Crippen molar-refractivity contribution in [3.05, 3.63) is 11.6 Å². The Labute approximate surface area is 329 Å². The number of fused-ring (bicyclic) bond motifs is 7. The topological polar surface area (TPSA) is 233 Å². The molecule has 0 bridgehead atoms. The summed E-state index contributed by atoms with van der Waals surface area (Å²) in [5, 5.41) is 82.1. The summed E-state index contributed by atoms with van der Waals surface area (Å²) in [7, 11) is 0. The monoisotopic (exact) mass is 794 g/mol. The summed E-state index contributed by atoms with van der Waals surface area (Å²) >= 11 is 0. The minimum Gasteiger partial charge on any atom is -0.432 e. The van der Waals surface area contributed by atoms with Gasteiger partial charge in [-0.1, -0.05) is 47.1 Å². The number of hydrogen-bond donors (Lipinski definition) is 8. The van der Waals surface area contributed by atoms with Gasteiger partial charge < -0.3 is 59.8 Å². The normalized spacial score (nSPS) is 54.1. The lowest BCUT2D eigenvalue weighted by atomic mass is 9.33. The average Bonchev–Trinajstić information content (AvgIpc) is 3.14. The number of ether oxygens (including phenoxy) is 4. The third-order valence-electron chi connectivity index (χ3n) is 17.2. The lowest BCUT2D eigenvalue weighted by Crippen LogP contribution is -2.67. The molecule has 0 unspecified atom stereocenters. The van der Waals surface area contributed by atoms with Gasteiger partial charge in [-0.15, -0.1) is 0 Å². The zero-order valence-corrected chi connectivity index (χ0v) is 34.0. The van der Waals surface area contributed by atoms with Crippen LogP contribution in [0.5, 0.6) is 0 Å². The highest BCUT2D eigenvalue weighted by atomic mass is 16.7. The van der Waals surface area contributed by atoms with Gasteiger partial charge >= 0.3 is 5.97 Å². The Bertz CT molecular complexity index is 1560. The summed E-state index contributed by atoms with van der Waals surface area (Å²) in [6.45, 7) is 14.1. The van der Waals surface area contributed by atoms with Crippen molar-refractivity contribution < 1.29 is 69.4 Å². The predicted octanol–water partition coefficient (Wildman–Crippen LogP) is 1.50. The fraction of sp³-hybridized carbons (Fsp3) is 0.905. The van der Waals surface area contributed by atoms with Gasteiger partial charge in [0.1, 0.15) is 48.8 Å². The van der Waals surface area contributed by atoms with Crippen LogP contribution in [0.3, 0.4) is 0 Å². The van der Waals surface area contributed by atoms with E-state index in [-0.39, 0.29) is 51.3 Å². The van der Waals surface area contributed by atoms with E-state index in [9.17, 15) is 50.4 Å². The van der Waals surface area contributed by atoms with Crippen molar-refractivity contribution in [2.24, 2.45) is 50.2 Å². The zero-order valence-electron chi connectivity index (χ0n) is 34.0. The van der Waals surface area contributed by atoms with Crippen LogP contribution in [0.25, 0.3) is 0 Å². The van der Waals surface area contributed by atoms with Crippen molar-refractivity contribution in [1.82, 2.24) is 0 Å². The van der Waals surface area contributed by atoms with Gasteiger partial charge in [0.25, 0.3) is 0 Å². The van der Waals surface area contributed by atoms with Crippen LogP contribution in [-0.4, -0.2) is 133 Å². The molecule has 0 aromatic carbocycles. The van der Waals surface area contributed by atoms with Gasteiger partial charge in [0.15, 0.2) is 12.1 Å². The van der Waals surface area contributed by atoms with E-state index in [0.29, 0.717) is 25.7 Å². The van der Waals surface area contributed by atoms with Crippen LogP contribution in [-0.2, 0) is 28.5 Å². The molecule has 7 rings (SSSR count). The summed E-state index contributed by atoms with van der Waals surface area (Å²) in [6, 6.07) is 0. The van der Waals surface area contributed by atoms with Crippen LogP contribution >= 0.6 is 0 Å². The molecule has 56 heavy (non-hydrogen) atoms.